The number of hydrogen-bond acceptors (Lipinski definition) is 0. The molecule has 0 N–H and O–H groups in total. The van der Waals surface area contributed by atoms with E-state index in [2.05, 4.69) is 32.0 Å². The van der Waals surface area contributed by atoms with Gasteiger partial charge in [0, 0.05) is 12.0 Å². The first-order valence-corrected chi connectivity index (χ1v) is 8.92. The Morgan fingerprint density at radius 1 is 1.00 bits per heavy atom. The Kier molecular flexibility index (Phi) is 4.99. The number of rotatable bonds is 5. The van der Waals surface area contributed by atoms with Gasteiger partial charge in [0.1, 0.15) is 0 Å². The number of halogens is 1. The lowest BCUT2D eigenvalue weighted by Gasteiger charge is -2.31. The van der Waals surface area contributed by atoms with Gasteiger partial charge in [-0.25, -0.2) is 4.39 Å². The first-order chi connectivity index (χ1) is 11.7. The second-order valence-electron chi connectivity index (χ2n) is 6.52. The highest BCUT2D eigenvalue weighted by molar-refractivity contribution is 5.77. The summed E-state index contributed by atoms with van der Waals surface area (Å²) in [5, 5.41) is 0. The molecule has 2 aromatic carbocycles. The second-order valence-corrected chi connectivity index (χ2v) is 6.52. The standard InChI is InChI=1S/C23H25F/c1-3-9-19-11-7-12-20(16-19)22-14-5-6-15-23(22,24)21-13-8-10-18(4-2)17-21/h5-8,10-14,16-17H,3-4,9,15H2,1-2H3. The van der Waals surface area contributed by atoms with Crippen LogP contribution in [0.2, 0.25) is 0 Å². The van der Waals surface area contributed by atoms with Gasteiger partial charge in [0.15, 0.2) is 5.67 Å². The predicted molar refractivity (Wildman–Crippen MR) is 101 cm³/mol. The van der Waals surface area contributed by atoms with E-state index in [0.29, 0.717) is 6.42 Å². The minimum atomic E-state index is -1.45. The maximum atomic E-state index is 16.2. The van der Waals surface area contributed by atoms with E-state index < -0.39 is 5.67 Å². The summed E-state index contributed by atoms with van der Waals surface area (Å²) < 4.78 is 16.2. The number of hydrogen-bond donors (Lipinski definition) is 0. The highest BCUT2D eigenvalue weighted by Gasteiger charge is 2.37. The molecule has 2 aromatic rings. The molecular formula is C23H25F. The highest BCUT2D eigenvalue weighted by atomic mass is 19.1. The van der Waals surface area contributed by atoms with Crippen LogP contribution in [0.5, 0.6) is 0 Å². The van der Waals surface area contributed by atoms with E-state index in [1.807, 2.05) is 48.6 Å². The minimum Gasteiger partial charge on any atom is -0.233 e. The Hall–Kier alpha value is -2.15. The molecule has 0 radical (unpaired) electrons. The Morgan fingerprint density at radius 2 is 1.79 bits per heavy atom. The van der Waals surface area contributed by atoms with Gasteiger partial charge in [-0.3, -0.25) is 0 Å². The van der Waals surface area contributed by atoms with Gasteiger partial charge in [-0.15, -0.1) is 0 Å². The van der Waals surface area contributed by atoms with E-state index in [4.69, 9.17) is 0 Å². The van der Waals surface area contributed by atoms with Crippen molar-refractivity contribution in [1.29, 1.82) is 0 Å². The zero-order valence-electron chi connectivity index (χ0n) is 14.6. The average Bonchev–Trinajstić information content (AvgIpc) is 2.63. The summed E-state index contributed by atoms with van der Waals surface area (Å²) in [6.45, 7) is 4.28. The fraction of sp³-hybridized carbons (Fsp3) is 0.304. The monoisotopic (exact) mass is 320 g/mol. The molecule has 1 atom stereocenters. The van der Waals surface area contributed by atoms with Crippen LogP contribution in [0.25, 0.3) is 5.57 Å². The van der Waals surface area contributed by atoms with Crippen molar-refractivity contribution in [2.45, 2.75) is 45.2 Å². The van der Waals surface area contributed by atoms with Crippen LogP contribution in [0.15, 0.2) is 66.8 Å². The van der Waals surface area contributed by atoms with E-state index in [0.717, 1.165) is 36.0 Å². The van der Waals surface area contributed by atoms with E-state index >= 15 is 4.39 Å². The average molecular weight is 320 g/mol. The number of allylic oxidation sites excluding steroid dienone is 4. The van der Waals surface area contributed by atoms with Crippen molar-refractivity contribution in [3.63, 3.8) is 0 Å². The van der Waals surface area contributed by atoms with Gasteiger partial charge in [-0.2, -0.15) is 0 Å². The molecule has 1 heteroatoms. The van der Waals surface area contributed by atoms with Crippen LogP contribution in [0.4, 0.5) is 4.39 Å². The Morgan fingerprint density at radius 3 is 2.58 bits per heavy atom. The molecule has 124 valence electrons. The van der Waals surface area contributed by atoms with Crippen molar-refractivity contribution in [3.05, 3.63) is 89.0 Å². The molecule has 3 rings (SSSR count). The van der Waals surface area contributed by atoms with Gasteiger partial charge in [-0.05, 0) is 35.1 Å². The zero-order valence-corrected chi connectivity index (χ0v) is 14.6. The van der Waals surface area contributed by atoms with Crippen molar-refractivity contribution in [3.8, 4) is 0 Å². The summed E-state index contributed by atoms with van der Waals surface area (Å²) in [5.41, 5.74) is 3.53. The third kappa shape index (κ3) is 3.21. The Bertz CT molecular complexity index is 769. The molecule has 1 aliphatic carbocycles. The van der Waals surface area contributed by atoms with Gasteiger partial charge in [0.25, 0.3) is 0 Å². The zero-order chi connectivity index (χ0) is 17.0. The Labute approximate surface area is 144 Å². The molecule has 0 fully saturated rings. The van der Waals surface area contributed by atoms with Crippen LogP contribution >= 0.6 is 0 Å². The summed E-state index contributed by atoms with van der Waals surface area (Å²) in [4.78, 5) is 0. The Balaban J connectivity index is 2.05. The van der Waals surface area contributed by atoms with Gasteiger partial charge in [0.2, 0.25) is 0 Å². The minimum absolute atomic E-state index is 0.393. The first-order valence-electron chi connectivity index (χ1n) is 8.92. The largest absolute Gasteiger partial charge is 0.233 e. The molecule has 0 amide bonds. The number of alkyl halides is 1. The van der Waals surface area contributed by atoms with E-state index in [1.54, 1.807) is 0 Å². The fourth-order valence-corrected chi connectivity index (χ4v) is 3.46. The first kappa shape index (κ1) is 16.7. The summed E-state index contributed by atoms with van der Waals surface area (Å²) >= 11 is 0. The maximum Gasteiger partial charge on any atom is 0.165 e. The van der Waals surface area contributed by atoms with Gasteiger partial charge in [-0.1, -0.05) is 87.0 Å². The summed E-state index contributed by atoms with van der Waals surface area (Å²) in [5.74, 6) is 0. The molecule has 0 saturated heterocycles. The van der Waals surface area contributed by atoms with Crippen molar-refractivity contribution < 1.29 is 4.39 Å². The molecule has 1 aliphatic rings. The fourth-order valence-electron chi connectivity index (χ4n) is 3.46. The summed E-state index contributed by atoms with van der Waals surface area (Å²) in [6, 6.07) is 16.3. The molecule has 0 nitrogen and oxygen atoms in total. The van der Waals surface area contributed by atoms with Gasteiger partial charge < -0.3 is 0 Å². The van der Waals surface area contributed by atoms with Gasteiger partial charge in [0.05, 0.1) is 0 Å². The molecular weight excluding hydrogens is 295 g/mol. The maximum absolute atomic E-state index is 16.2. The SMILES string of the molecule is CCCc1cccc(C2=CC=CCC2(F)c2cccc(CC)c2)c1. The highest BCUT2D eigenvalue weighted by Crippen LogP contribution is 2.45. The van der Waals surface area contributed by atoms with Crippen molar-refractivity contribution in [2.75, 3.05) is 0 Å². The van der Waals surface area contributed by atoms with E-state index in [1.165, 1.54) is 11.1 Å². The molecule has 0 bridgehead atoms. The lowest BCUT2D eigenvalue weighted by Crippen LogP contribution is -2.23. The van der Waals surface area contributed by atoms with Crippen molar-refractivity contribution >= 4 is 5.57 Å². The molecule has 24 heavy (non-hydrogen) atoms. The second kappa shape index (κ2) is 7.17. The smallest absolute Gasteiger partial charge is 0.165 e. The third-order valence-corrected chi connectivity index (χ3v) is 4.79. The topological polar surface area (TPSA) is 0 Å². The van der Waals surface area contributed by atoms with Crippen molar-refractivity contribution in [1.82, 2.24) is 0 Å². The predicted octanol–water partition coefficient (Wildman–Crippen LogP) is 6.41. The molecule has 0 heterocycles. The van der Waals surface area contributed by atoms with Crippen LogP contribution < -0.4 is 0 Å². The normalized spacial score (nSPS) is 20.0. The lowest BCUT2D eigenvalue weighted by molar-refractivity contribution is 0.249. The van der Waals surface area contributed by atoms with E-state index in [9.17, 15) is 0 Å². The van der Waals surface area contributed by atoms with Crippen LogP contribution in [0.3, 0.4) is 0 Å². The van der Waals surface area contributed by atoms with Crippen LogP contribution in [-0.4, -0.2) is 0 Å². The van der Waals surface area contributed by atoms with Crippen LogP contribution in [0, 0.1) is 0 Å². The summed E-state index contributed by atoms with van der Waals surface area (Å²) in [7, 11) is 0. The molecule has 0 aromatic heterocycles. The quantitative estimate of drug-likeness (QED) is 0.597. The number of aryl methyl sites for hydroxylation is 2. The van der Waals surface area contributed by atoms with E-state index in [-0.39, 0.29) is 0 Å². The van der Waals surface area contributed by atoms with Crippen LogP contribution in [-0.2, 0) is 18.5 Å². The molecule has 0 aliphatic heterocycles. The molecule has 0 spiro atoms. The lowest BCUT2D eigenvalue weighted by atomic mass is 9.78. The van der Waals surface area contributed by atoms with Gasteiger partial charge >= 0.3 is 0 Å². The number of benzene rings is 2. The van der Waals surface area contributed by atoms with Crippen LogP contribution in [0.1, 0.15) is 48.9 Å². The molecule has 0 saturated carbocycles. The molecule has 1 unspecified atom stereocenters. The van der Waals surface area contributed by atoms with Crippen molar-refractivity contribution in [2.24, 2.45) is 0 Å². The summed E-state index contributed by atoms with van der Waals surface area (Å²) in [6.07, 6.45) is 9.28. The third-order valence-electron chi connectivity index (χ3n) is 4.79.